The highest BCUT2D eigenvalue weighted by Gasteiger charge is 2.47. The van der Waals surface area contributed by atoms with E-state index in [0.717, 1.165) is 22.9 Å². The van der Waals surface area contributed by atoms with E-state index in [2.05, 4.69) is 20.3 Å². The lowest BCUT2D eigenvalue weighted by atomic mass is 9.87. The second-order valence-electron chi connectivity index (χ2n) is 12.4. The van der Waals surface area contributed by atoms with Gasteiger partial charge in [-0.3, -0.25) is 14.6 Å². The Morgan fingerprint density at radius 1 is 1.08 bits per heavy atom. The van der Waals surface area contributed by atoms with E-state index in [1.807, 2.05) is 17.0 Å². The van der Waals surface area contributed by atoms with Crippen LogP contribution in [0.25, 0.3) is 11.1 Å². The fourth-order valence-electron chi connectivity index (χ4n) is 6.43. The van der Waals surface area contributed by atoms with Crippen molar-refractivity contribution < 1.29 is 36.3 Å². The Hall–Kier alpha value is -4.53. The van der Waals surface area contributed by atoms with Crippen molar-refractivity contribution in [3.63, 3.8) is 0 Å². The number of piperidine rings is 1. The van der Waals surface area contributed by atoms with Crippen LogP contribution in [0.4, 0.5) is 27.6 Å². The van der Waals surface area contributed by atoms with Crippen LogP contribution in [-0.4, -0.2) is 64.3 Å². The molecule has 0 unspecified atom stereocenters. The number of ether oxygens (including phenoxy) is 1. The molecule has 48 heavy (non-hydrogen) atoms. The van der Waals surface area contributed by atoms with Crippen LogP contribution in [0.3, 0.4) is 0 Å². The molecule has 3 N–H and O–H groups in total. The number of aryl methyl sites for hydroxylation is 2. The van der Waals surface area contributed by atoms with Crippen molar-refractivity contribution in [3.05, 3.63) is 70.1 Å². The van der Waals surface area contributed by atoms with Gasteiger partial charge in [0.2, 0.25) is 5.91 Å². The number of aliphatic imine (C=N–C) groups is 1. The monoisotopic (exact) mass is 671 g/mol. The maximum Gasteiger partial charge on any atom is 0.433 e. The molecule has 6 rings (SSSR count). The molecule has 1 spiro atoms. The lowest BCUT2D eigenvalue weighted by molar-refractivity contribution is -0.141. The van der Waals surface area contributed by atoms with E-state index >= 15 is 0 Å². The number of halogens is 5. The molecule has 3 aromatic rings. The van der Waals surface area contributed by atoms with Crippen LogP contribution >= 0.6 is 0 Å². The van der Waals surface area contributed by atoms with Gasteiger partial charge in [0.05, 0.1) is 18.7 Å². The second-order valence-corrected chi connectivity index (χ2v) is 12.4. The maximum absolute atomic E-state index is 13.4. The van der Waals surface area contributed by atoms with Gasteiger partial charge in [0.25, 0.3) is 12.3 Å². The van der Waals surface area contributed by atoms with Gasteiger partial charge in [-0.2, -0.15) is 13.2 Å². The van der Waals surface area contributed by atoms with Crippen molar-refractivity contribution in [1.82, 2.24) is 20.3 Å². The Morgan fingerprint density at radius 2 is 1.77 bits per heavy atom. The number of hydrogen-bond donors (Lipinski definition) is 2. The normalized spacial score (nSPS) is 17.6. The molecule has 1 aliphatic carbocycles. The van der Waals surface area contributed by atoms with Crippen molar-refractivity contribution in [2.45, 2.75) is 76.6 Å². The minimum atomic E-state index is -4.59. The van der Waals surface area contributed by atoms with Gasteiger partial charge in [0.1, 0.15) is 29.5 Å². The molecule has 2 amide bonds. The third-order valence-corrected chi connectivity index (χ3v) is 8.87. The van der Waals surface area contributed by atoms with E-state index in [0.29, 0.717) is 72.8 Å². The largest absolute Gasteiger partial charge is 0.433 e. The van der Waals surface area contributed by atoms with Crippen LogP contribution in [0.1, 0.15) is 71.3 Å². The third-order valence-electron chi connectivity index (χ3n) is 8.87. The summed E-state index contributed by atoms with van der Waals surface area (Å²) >= 11 is 0. The molecule has 2 aliphatic heterocycles. The third kappa shape index (κ3) is 6.86. The molecular formula is C33H34F5N7O3. The number of carbonyl (C=O) groups excluding carboxylic acids is 2. The predicted molar refractivity (Wildman–Crippen MR) is 166 cm³/mol. The topological polar surface area (TPSA) is 136 Å². The minimum absolute atomic E-state index is 0.0682. The number of nitrogens with zero attached hydrogens (tertiary/aromatic N) is 5. The number of nitrogens with two attached hydrogens (primary N) is 1. The SMILES string of the molecule is Cc1nc(CC(N)=O)nc(C)c1-c1ccc(COCC(F)F)c(N2CCC3(CC2)N=C(c2ccc(C(F)(F)F)nc2C2CC2)NC3=O)c1. The van der Waals surface area contributed by atoms with Gasteiger partial charge in [-0.15, -0.1) is 0 Å². The quantitative estimate of drug-likeness (QED) is 0.297. The first-order valence-electron chi connectivity index (χ1n) is 15.6. The number of carbonyl (C=O) groups is 2. The number of amidine groups is 1. The van der Waals surface area contributed by atoms with Crippen LogP contribution in [0.15, 0.2) is 35.3 Å². The zero-order chi connectivity index (χ0) is 34.4. The van der Waals surface area contributed by atoms with Gasteiger partial charge in [0.15, 0.2) is 0 Å². The van der Waals surface area contributed by atoms with Crippen molar-refractivity contribution in [3.8, 4) is 11.1 Å². The summed E-state index contributed by atoms with van der Waals surface area (Å²) in [6, 6.07) is 7.78. The Bertz CT molecular complexity index is 1760. The van der Waals surface area contributed by atoms with Gasteiger partial charge in [-0.25, -0.2) is 23.7 Å². The molecule has 3 aliphatic rings. The molecule has 254 valence electrons. The van der Waals surface area contributed by atoms with Crippen molar-refractivity contribution in [2.75, 3.05) is 24.6 Å². The van der Waals surface area contributed by atoms with Crippen molar-refractivity contribution in [2.24, 2.45) is 10.7 Å². The van der Waals surface area contributed by atoms with E-state index in [4.69, 9.17) is 15.5 Å². The highest BCUT2D eigenvalue weighted by atomic mass is 19.4. The first-order chi connectivity index (χ1) is 22.7. The molecule has 10 nitrogen and oxygen atoms in total. The molecular weight excluding hydrogens is 637 g/mol. The number of nitrogens with one attached hydrogen (secondary N) is 1. The van der Waals surface area contributed by atoms with Gasteiger partial charge >= 0.3 is 6.18 Å². The molecule has 1 saturated carbocycles. The number of pyridine rings is 1. The van der Waals surface area contributed by atoms with Crippen LogP contribution in [0, 0.1) is 13.8 Å². The molecule has 1 aromatic carbocycles. The Morgan fingerprint density at radius 3 is 2.38 bits per heavy atom. The average Bonchev–Trinajstić information content (AvgIpc) is 3.81. The average molecular weight is 672 g/mol. The van der Waals surface area contributed by atoms with Crippen molar-refractivity contribution >= 4 is 23.3 Å². The van der Waals surface area contributed by atoms with Gasteiger partial charge in [-0.05, 0) is 63.3 Å². The van der Waals surface area contributed by atoms with Crippen LogP contribution < -0.4 is 16.0 Å². The number of anilines is 1. The van der Waals surface area contributed by atoms with Gasteiger partial charge in [0, 0.05) is 52.8 Å². The van der Waals surface area contributed by atoms with E-state index < -0.39 is 36.3 Å². The molecule has 0 bridgehead atoms. The van der Waals surface area contributed by atoms with Crippen LogP contribution in [0.2, 0.25) is 0 Å². The summed E-state index contributed by atoms with van der Waals surface area (Å²) in [6.07, 6.45) is -5.27. The fraction of sp³-hybridized carbons (Fsp3) is 0.455. The lowest BCUT2D eigenvalue weighted by Crippen LogP contribution is -2.49. The molecule has 1 saturated heterocycles. The highest BCUT2D eigenvalue weighted by molar-refractivity contribution is 6.16. The second kappa shape index (κ2) is 12.8. The Balaban J connectivity index is 1.28. The molecule has 15 heteroatoms. The summed E-state index contributed by atoms with van der Waals surface area (Å²) < 4.78 is 71.3. The summed E-state index contributed by atoms with van der Waals surface area (Å²) in [5, 5.41) is 2.81. The van der Waals surface area contributed by atoms with E-state index in [-0.39, 0.29) is 30.7 Å². The van der Waals surface area contributed by atoms with Gasteiger partial charge in [-0.1, -0.05) is 12.1 Å². The van der Waals surface area contributed by atoms with Crippen LogP contribution in [0.5, 0.6) is 0 Å². The number of alkyl halides is 5. The molecule has 0 radical (unpaired) electrons. The van der Waals surface area contributed by atoms with Gasteiger partial charge < -0.3 is 20.7 Å². The minimum Gasteiger partial charge on any atom is -0.371 e. The standard InChI is InChI=1S/C33H34F5N7O3/c1-17-28(18(2)41-27(40-17)14-26(39)46)20-5-6-21(15-48-16-25(34)35)23(13-20)45-11-9-32(10-12-45)31(47)43-30(44-32)22-7-8-24(33(36,37)38)42-29(22)19-3-4-19/h5-8,13,19,25H,3-4,9-12,14-16H2,1-2H3,(H2,39,46)(H,43,44,47). The summed E-state index contributed by atoms with van der Waals surface area (Å²) in [4.78, 5) is 44.5. The fourth-order valence-corrected chi connectivity index (χ4v) is 6.43. The molecule has 2 fully saturated rings. The van der Waals surface area contributed by atoms with E-state index in [1.54, 1.807) is 19.9 Å². The molecule has 0 atom stereocenters. The number of benzene rings is 1. The first-order valence-corrected chi connectivity index (χ1v) is 15.6. The number of hydrogen-bond acceptors (Lipinski definition) is 8. The highest BCUT2D eigenvalue weighted by Crippen LogP contribution is 2.43. The maximum atomic E-state index is 13.4. The molecule has 4 heterocycles. The summed E-state index contributed by atoms with van der Waals surface area (Å²) in [7, 11) is 0. The summed E-state index contributed by atoms with van der Waals surface area (Å²) in [5.41, 5.74) is 8.11. The zero-order valence-electron chi connectivity index (χ0n) is 26.3. The number of rotatable bonds is 10. The van der Waals surface area contributed by atoms with Crippen LogP contribution in [-0.2, 0) is 33.5 Å². The van der Waals surface area contributed by atoms with E-state index in [9.17, 15) is 31.5 Å². The number of amides is 2. The number of aromatic nitrogens is 3. The van der Waals surface area contributed by atoms with E-state index in [1.165, 1.54) is 6.07 Å². The Kier molecular flexibility index (Phi) is 8.92. The lowest BCUT2D eigenvalue weighted by Gasteiger charge is -2.38. The smallest absolute Gasteiger partial charge is 0.371 e. The predicted octanol–water partition coefficient (Wildman–Crippen LogP) is 4.78. The molecule has 2 aromatic heterocycles. The zero-order valence-corrected chi connectivity index (χ0v) is 26.3. The summed E-state index contributed by atoms with van der Waals surface area (Å²) in [5.74, 6) is -0.453. The summed E-state index contributed by atoms with van der Waals surface area (Å²) in [6.45, 7) is 3.56. The first kappa shape index (κ1) is 33.4. The Labute approximate surface area is 273 Å². The van der Waals surface area contributed by atoms with Crippen molar-refractivity contribution in [1.29, 1.82) is 0 Å². The number of primary amides is 1.